The number of allylic oxidation sites excluding steroid dienone is 14. The summed E-state index contributed by atoms with van der Waals surface area (Å²) >= 11 is 0. The number of rotatable bonds is 36. The van der Waals surface area contributed by atoms with E-state index < -0.39 is 18.1 Å². The Kier molecular flexibility index (Phi) is 35.1. The van der Waals surface area contributed by atoms with Crippen LogP contribution in [0.5, 0.6) is 0 Å². The monoisotopic (exact) mass is 768 g/mol. The van der Waals surface area contributed by atoms with Gasteiger partial charge in [-0.05, 0) is 83.5 Å². The van der Waals surface area contributed by atoms with Crippen LogP contribution in [0.1, 0.15) is 142 Å². The summed E-state index contributed by atoms with van der Waals surface area (Å²) < 4.78 is 17.1. The van der Waals surface area contributed by atoms with Crippen LogP contribution < -0.4 is 5.11 Å². The lowest BCUT2D eigenvalue weighted by molar-refractivity contribution is -0.889. The predicted octanol–water partition coefficient (Wildman–Crippen LogP) is 10.0. The smallest absolute Gasteiger partial charge is 0.306 e. The number of ether oxygens (including phenoxy) is 3. The molecule has 0 heterocycles. The zero-order valence-electron chi connectivity index (χ0n) is 35.3. The molecule has 0 aliphatic heterocycles. The number of carbonyl (C=O) groups excluding carboxylic acids is 3. The molecule has 0 aromatic rings. The number of aliphatic carboxylic acids is 1. The molecule has 0 aromatic heterocycles. The van der Waals surface area contributed by atoms with Crippen molar-refractivity contribution in [3.05, 3.63) is 85.1 Å². The maximum atomic E-state index is 12.7. The summed E-state index contributed by atoms with van der Waals surface area (Å²) in [7, 11) is 5.37. The van der Waals surface area contributed by atoms with E-state index in [4.69, 9.17) is 14.2 Å². The number of carboxylic acid groups (broad SMARTS) is 1. The van der Waals surface area contributed by atoms with E-state index >= 15 is 0 Å². The van der Waals surface area contributed by atoms with Gasteiger partial charge in [0.2, 0.25) is 0 Å². The third kappa shape index (κ3) is 35.9. The molecule has 2 atom stereocenters. The van der Waals surface area contributed by atoms with Crippen molar-refractivity contribution in [3.8, 4) is 0 Å². The molecule has 312 valence electrons. The molecular formula is C47H77NO7. The van der Waals surface area contributed by atoms with Crippen LogP contribution in [0.25, 0.3) is 0 Å². The highest BCUT2D eigenvalue weighted by Crippen LogP contribution is 2.12. The summed E-state index contributed by atoms with van der Waals surface area (Å²) in [6, 6.07) is -0.738. The summed E-state index contributed by atoms with van der Waals surface area (Å²) in [6.07, 6.45) is 47.6. The van der Waals surface area contributed by atoms with Crippen molar-refractivity contribution in [1.82, 2.24) is 0 Å². The normalized spacial score (nSPS) is 13.8. The van der Waals surface area contributed by atoms with Crippen LogP contribution in [0.2, 0.25) is 0 Å². The Morgan fingerprint density at radius 2 is 0.964 bits per heavy atom. The van der Waals surface area contributed by atoms with Crippen LogP contribution in [-0.4, -0.2) is 75.5 Å². The van der Waals surface area contributed by atoms with Crippen LogP contribution in [0.4, 0.5) is 0 Å². The van der Waals surface area contributed by atoms with Crippen molar-refractivity contribution in [3.63, 3.8) is 0 Å². The SMILES string of the molecule is CC/C=C/C/C=C/C/C=C/C/C=C/CCCCCCCCC(=O)OC(COCCC(C(=O)[O-])[N+](C)(C)C)COC(=O)CCCC/C=C/C/C=C/C/C=C/CC. The topological polar surface area (TPSA) is 102 Å². The van der Waals surface area contributed by atoms with Crippen LogP contribution in [0.15, 0.2) is 85.1 Å². The largest absolute Gasteiger partial charge is 0.544 e. The van der Waals surface area contributed by atoms with Gasteiger partial charge in [-0.25, -0.2) is 0 Å². The minimum absolute atomic E-state index is 0.0172. The maximum absolute atomic E-state index is 12.7. The first-order valence-corrected chi connectivity index (χ1v) is 21.1. The zero-order valence-corrected chi connectivity index (χ0v) is 35.3. The molecule has 55 heavy (non-hydrogen) atoms. The second-order valence-corrected chi connectivity index (χ2v) is 14.8. The number of unbranched alkanes of at least 4 members (excludes halogenated alkanes) is 8. The molecule has 2 unspecified atom stereocenters. The molecule has 0 aromatic carbocycles. The summed E-state index contributed by atoms with van der Waals surface area (Å²) in [5.74, 6) is -1.82. The van der Waals surface area contributed by atoms with Gasteiger partial charge < -0.3 is 28.6 Å². The average molecular weight is 768 g/mol. The summed E-state index contributed by atoms with van der Waals surface area (Å²) in [5, 5.41) is 11.6. The Morgan fingerprint density at radius 1 is 0.545 bits per heavy atom. The van der Waals surface area contributed by atoms with Gasteiger partial charge >= 0.3 is 11.9 Å². The summed E-state index contributed by atoms with van der Waals surface area (Å²) in [6.45, 7) is 4.35. The number of hydrogen-bond donors (Lipinski definition) is 0. The average Bonchev–Trinajstić information content (AvgIpc) is 3.14. The van der Waals surface area contributed by atoms with E-state index in [9.17, 15) is 19.5 Å². The van der Waals surface area contributed by atoms with Crippen LogP contribution >= 0.6 is 0 Å². The lowest BCUT2D eigenvalue weighted by atomic mass is 10.1. The van der Waals surface area contributed by atoms with E-state index in [0.29, 0.717) is 19.3 Å². The Labute approximate surface area is 335 Å². The first-order chi connectivity index (χ1) is 26.6. The third-order valence-electron chi connectivity index (χ3n) is 8.78. The van der Waals surface area contributed by atoms with Crippen molar-refractivity contribution in [1.29, 1.82) is 0 Å². The number of nitrogens with zero attached hydrogens (tertiary/aromatic N) is 1. The van der Waals surface area contributed by atoms with Gasteiger partial charge in [-0.2, -0.15) is 0 Å². The maximum Gasteiger partial charge on any atom is 0.306 e. The van der Waals surface area contributed by atoms with Crippen molar-refractivity contribution in [2.24, 2.45) is 0 Å². The fourth-order valence-corrected chi connectivity index (χ4v) is 5.54. The lowest BCUT2D eigenvalue weighted by Crippen LogP contribution is -2.55. The second kappa shape index (κ2) is 37.4. The molecule has 0 bridgehead atoms. The first-order valence-electron chi connectivity index (χ1n) is 21.1. The number of esters is 2. The van der Waals surface area contributed by atoms with Crippen molar-refractivity contribution in [2.45, 2.75) is 154 Å². The molecule has 0 spiro atoms. The van der Waals surface area contributed by atoms with E-state index in [1.54, 1.807) is 21.1 Å². The quantitative estimate of drug-likeness (QED) is 0.0271. The molecule has 8 heteroatoms. The number of quaternary nitrogens is 1. The van der Waals surface area contributed by atoms with Gasteiger partial charge in [0.25, 0.3) is 0 Å². The molecule has 0 rings (SSSR count). The number of hydrogen-bond acceptors (Lipinski definition) is 7. The van der Waals surface area contributed by atoms with Crippen LogP contribution in [0.3, 0.4) is 0 Å². The Hall–Kier alpha value is -3.49. The highest BCUT2D eigenvalue weighted by molar-refractivity contribution is 5.70. The van der Waals surface area contributed by atoms with Crippen LogP contribution in [-0.2, 0) is 28.6 Å². The van der Waals surface area contributed by atoms with E-state index in [0.717, 1.165) is 89.9 Å². The minimum atomic E-state index is -1.14. The lowest BCUT2D eigenvalue weighted by Gasteiger charge is -2.34. The molecule has 0 saturated carbocycles. The van der Waals surface area contributed by atoms with E-state index in [2.05, 4.69) is 98.9 Å². The molecule has 0 aliphatic rings. The molecule has 0 fully saturated rings. The van der Waals surface area contributed by atoms with Gasteiger partial charge in [0.15, 0.2) is 6.10 Å². The minimum Gasteiger partial charge on any atom is -0.544 e. The highest BCUT2D eigenvalue weighted by Gasteiger charge is 2.25. The Morgan fingerprint density at radius 3 is 1.45 bits per heavy atom. The molecule has 0 amide bonds. The van der Waals surface area contributed by atoms with Crippen molar-refractivity contribution in [2.75, 3.05) is 41.0 Å². The molecule has 0 saturated heterocycles. The van der Waals surface area contributed by atoms with Gasteiger partial charge in [0.05, 0.1) is 40.3 Å². The third-order valence-corrected chi connectivity index (χ3v) is 8.78. The summed E-state index contributed by atoms with van der Waals surface area (Å²) in [4.78, 5) is 36.8. The molecule has 0 radical (unpaired) electrons. The standard InChI is InChI=1S/C47H77NO7/c1-6-8-10-12-14-16-18-20-21-22-23-24-25-26-28-30-32-34-36-38-46(50)55-43(41-53-40-39-44(47(51)52)48(3,4)5)42-54-45(49)37-35-33-31-29-27-19-17-15-13-11-9-7-2/h8-11,14-17,20-21,23-24,27,29,43-44H,6-7,12-13,18-19,22,25-26,28,30-42H2,1-5H3/b10-8+,11-9+,16-14+,17-15+,21-20+,24-23+,29-27+. The molecular weight excluding hydrogens is 691 g/mol. The highest BCUT2D eigenvalue weighted by atomic mass is 16.6. The van der Waals surface area contributed by atoms with Crippen LogP contribution in [0, 0.1) is 0 Å². The van der Waals surface area contributed by atoms with Gasteiger partial charge in [-0.3, -0.25) is 9.59 Å². The fourth-order valence-electron chi connectivity index (χ4n) is 5.54. The molecule has 8 nitrogen and oxygen atoms in total. The van der Waals surface area contributed by atoms with Gasteiger partial charge in [-0.1, -0.05) is 125 Å². The zero-order chi connectivity index (χ0) is 40.7. The number of likely N-dealkylation sites (N-methyl/N-ethyl adjacent to an activating group) is 1. The Bertz CT molecular complexity index is 1170. The van der Waals surface area contributed by atoms with Gasteiger partial charge in [0.1, 0.15) is 12.6 Å². The van der Waals surface area contributed by atoms with E-state index in [1.165, 1.54) is 12.8 Å². The van der Waals surface area contributed by atoms with Gasteiger partial charge in [-0.15, -0.1) is 0 Å². The first kappa shape index (κ1) is 51.5. The fraction of sp³-hybridized carbons (Fsp3) is 0.638. The van der Waals surface area contributed by atoms with E-state index in [1.807, 2.05) is 0 Å². The second-order valence-electron chi connectivity index (χ2n) is 14.8. The Balaban J connectivity index is 4.44. The molecule has 0 N–H and O–H groups in total. The number of carboxylic acids is 1. The number of carbonyl (C=O) groups is 3. The molecule has 0 aliphatic carbocycles. The van der Waals surface area contributed by atoms with Gasteiger partial charge in [0, 0.05) is 19.3 Å². The summed E-state index contributed by atoms with van der Waals surface area (Å²) in [5.41, 5.74) is 0. The van der Waals surface area contributed by atoms with E-state index in [-0.39, 0.29) is 42.7 Å². The van der Waals surface area contributed by atoms with Crippen molar-refractivity contribution < 1.29 is 38.2 Å². The predicted molar refractivity (Wildman–Crippen MR) is 226 cm³/mol. The van der Waals surface area contributed by atoms with Crippen molar-refractivity contribution >= 4 is 17.9 Å².